The molecule has 0 aliphatic heterocycles. The first-order valence-corrected chi connectivity index (χ1v) is 17.9. The van der Waals surface area contributed by atoms with E-state index in [9.17, 15) is 24.0 Å². The van der Waals surface area contributed by atoms with Crippen molar-refractivity contribution >= 4 is 35.5 Å². The van der Waals surface area contributed by atoms with Crippen LogP contribution in [0.2, 0.25) is 0 Å². The Labute approximate surface area is 288 Å². The van der Waals surface area contributed by atoms with Crippen LogP contribution in [0.15, 0.2) is 18.2 Å². The van der Waals surface area contributed by atoms with Gasteiger partial charge < -0.3 is 29.5 Å². The number of benzene rings is 1. The first-order valence-electron chi connectivity index (χ1n) is 17.9. The third-order valence-electron chi connectivity index (χ3n) is 7.83. The molecule has 0 atom stereocenters. The third kappa shape index (κ3) is 23.8. The lowest BCUT2D eigenvalue weighted by Crippen LogP contribution is -3.12. The zero-order chi connectivity index (χ0) is 36.2. The van der Waals surface area contributed by atoms with Gasteiger partial charge in [-0.1, -0.05) is 83.4 Å². The maximum absolute atomic E-state index is 11.9. The Morgan fingerprint density at radius 2 is 1.17 bits per heavy atom. The quantitative estimate of drug-likeness (QED) is 0.0668. The Morgan fingerprint density at radius 1 is 0.688 bits per heavy atom. The minimum absolute atomic E-state index is 0.0982. The smallest absolute Gasteiger partial charge is 0.306 e. The summed E-state index contributed by atoms with van der Waals surface area (Å²) < 4.78 is 15.5. The average molecular weight is 680 g/mol. The molecule has 11 heteroatoms. The van der Waals surface area contributed by atoms with Crippen LogP contribution in [0, 0.1) is 13.8 Å². The minimum atomic E-state index is -1.11. The van der Waals surface area contributed by atoms with Gasteiger partial charge in [-0.05, 0) is 51.7 Å². The second-order valence-corrected chi connectivity index (χ2v) is 12.1. The molecule has 1 rings (SSSR count). The molecule has 0 aromatic heterocycles. The van der Waals surface area contributed by atoms with Crippen molar-refractivity contribution in [3.63, 3.8) is 0 Å². The number of likely N-dealkylation sites (N-methyl/N-ethyl adjacent to an activating group) is 1. The molecule has 1 aromatic rings. The minimum Gasteiger partial charge on any atom is -0.481 e. The number of aryl methyl sites for hydroxylation is 2. The predicted octanol–water partition coefficient (Wildman–Crippen LogP) is 5.74. The summed E-state index contributed by atoms with van der Waals surface area (Å²) in [5.41, 5.74) is 3.20. The number of quaternary nitrogens is 1. The van der Waals surface area contributed by atoms with Crippen LogP contribution in [-0.4, -0.2) is 73.8 Å². The fraction of sp³-hybridized carbons (Fsp3) is 0.703. The largest absolute Gasteiger partial charge is 0.481 e. The van der Waals surface area contributed by atoms with Gasteiger partial charge >= 0.3 is 23.9 Å². The number of anilines is 1. The molecule has 0 saturated heterocycles. The SMILES string of the molecule is CCCCCCCC(=O)OCC(COC(=O)CCCCCCC)OC(=O)CCC(=O)O.CC[NH+](CC)CC(=O)Nc1c(C)cccc1C. The molecule has 0 unspecified atom stereocenters. The highest BCUT2D eigenvalue weighted by atomic mass is 16.6. The van der Waals surface area contributed by atoms with Gasteiger partial charge in [-0.25, -0.2) is 0 Å². The van der Waals surface area contributed by atoms with Gasteiger partial charge in [-0.2, -0.15) is 0 Å². The van der Waals surface area contributed by atoms with Gasteiger partial charge in [0, 0.05) is 18.5 Å². The molecule has 0 fully saturated rings. The van der Waals surface area contributed by atoms with Crippen LogP contribution < -0.4 is 10.2 Å². The molecule has 3 N–H and O–H groups in total. The number of para-hydroxylation sites is 1. The normalized spacial score (nSPS) is 10.7. The lowest BCUT2D eigenvalue weighted by Gasteiger charge is -2.18. The number of carbonyl (C=O) groups is 5. The lowest BCUT2D eigenvalue weighted by atomic mass is 10.1. The fourth-order valence-electron chi connectivity index (χ4n) is 4.75. The second-order valence-electron chi connectivity index (χ2n) is 12.1. The third-order valence-corrected chi connectivity index (χ3v) is 7.83. The maximum atomic E-state index is 11.9. The predicted molar refractivity (Wildman–Crippen MR) is 187 cm³/mol. The molecular formula is C37H63N2O9+. The molecule has 48 heavy (non-hydrogen) atoms. The van der Waals surface area contributed by atoms with Gasteiger partial charge in [-0.15, -0.1) is 0 Å². The molecule has 1 amide bonds. The number of rotatable bonds is 25. The number of carbonyl (C=O) groups excluding carboxylic acids is 4. The summed E-state index contributed by atoms with van der Waals surface area (Å²) in [7, 11) is 0. The molecule has 0 spiro atoms. The molecule has 274 valence electrons. The summed E-state index contributed by atoms with van der Waals surface area (Å²) in [6.07, 6.45) is 8.96. The van der Waals surface area contributed by atoms with E-state index >= 15 is 0 Å². The molecule has 0 aliphatic carbocycles. The summed E-state index contributed by atoms with van der Waals surface area (Å²) in [6, 6.07) is 6.05. The highest BCUT2D eigenvalue weighted by Crippen LogP contribution is 2.19. The number of ether oxygens (including phenoxy) is 3. The molecule has 0 radical (unpaired) electrons. The summed E-state index contributed by atoms with van der Waals surface area (Å²) in [5.74, 6) is -2.55. The van der Waals surface area contributed by atoms with E-state index in [0.29, 0.717) is 6.54 Å². The van der Waals surface area contributed by atoms with Crippen LogP contribution in [0.5, 0.6) is 0 Å². The van der Waals surface area contributed by atoms with Crippen molar-refractivity contribution in [1.29, 1.82) is 0 Å². The molecule has 11 nitrogen and oxygen atoms in total. The van der Waals surface area contributed by atoms with Crippen LogP contribution in [0.3, 0.4) is 0 Å². The van der Waals surface area contributed by atoms with Crippen molar-refractivity contribution in [3.8, 4) is 0 Å². The number of esters is 3. The van der Waals surface area contributed by atoms with Crippen LogP contribution in [0.1, 0.15) is 129 Å². The van der Waals surface area contributed by atoms with E-state index in [1.54, 1.807) is 0 Å². The molecule has 0 bridgehead atoms. The van der Waals surface area contributed by atoms with Gasteiger partial charge in [0.15, 0.2) is 12.6 Å². The highest BCUT2D eigenvalue weighted by Gasteiger charge is 2.20. The van der Waals surface area contributed by atoms with Gasteiger partial charge in [0.25, 0.3) is 5.91 Å². The number of carboxylic acids is 1. The van der Waals surface area contributed by atoms with Crippen molar-refractivity contribution in [2.75, 3.05) is 38.2 Å². The number of amides is 1. The Balaban J connectivity index is 0.00000109. The molecule has 0 aliphatic rings. The number of unbranched alkanes of at least 4 members (excludes halogenated alkanes) is 8. The zero-order valence-corrected chi connectivity index (χ0v) is 30.5. The van der Waals surface area contributed by atoms with E-state index in [-0.39, 0.29) is 44.8 Å². The van der Waals surface area contributed by atoms with Crippen molar-refractivity contribution < 1.29 is 48.2 Å². The van der Waals surface area contributed by atoms with E-state index in [4.69, 9.17) is 19.3 Å². The molecule has 0 heterocycles. The topological polar surface area (TPSA) is 150 Å². The van der Waals surface area contributed by atoms with E-state index in [0.717, 1.165) is 94.1 Å². The number of hydrogen-bond donors (Lipinski definition) is 3. The van der Waals surface area contributed by atoms with Gasteiger partial charge in [-0.3, -0.25) is 24.0 Å². The van der Waals surface area contributed by atoms with Crippen LogP contribution in [-0.2, 0) is 38.2 Å². The molecule has 1 aromatic carbocycles. The lowest BCUT2D eigenvalue weighted by molar-refractivity contribution is -0.888. The number of carboxylic acid groups (broad SMARTS) is 1. The van der Waals surface area contributed by atoms with E-state index in [1.165, 1.54) is 4.90 Å². The van der Waals surface area contributed by atoms with E-state index < -0.39 is 30.0 Å². The first-order chi connectivity index (χ1) is 23.0. The van der Waals surface area contributed by atoms with Crippen LogP contribution in [0.25, 0.3) is 0 Å². The summed E-state index contributed by atoms with van der Waals surface area (Å²) in [6.45, 7) is 14.5. The summed E-state index contributed by atoms with van der Waals surface area (Å²) in [5, 5.41) is 11.7. The van der Waals surface area contributed by atoms with E-state index in [1.807, 2.05) is 32.0 Å². The molecule has 0 saturated carbocycles. The molecular weight excluding hydrogens is 616 g/mol. The maximum Gasteiger partial charge on any atom is 0.306 e. The summed E-state index contributed by atoms with van der Waals surface area (Å²) in [4.78, 5) is 59.4. The Morgan fingerprint density at radius 3 is 1.60 bits per heavy atom. The van der Waals surface area contributed by atoms with Gasteiger partial charge in [0.1, 0.15) is 13.2 Å². The van der Waals surface area contributed by atoms with Crippen LogP contribution >= 0.6 is 0 Å². The average Bonchev–Trinajstić information content (AvgIpc) is 3.05. The Bertz CT molecular complexity index is 1020. The van der Waals surface area contributed by atoms with Crippen molar-refractivity contribution in [2.24, 2.45) is 0 Å². The summed E-state index contributed by atoms with van der Waals surface area (Å²) >= 11 is 0. The van der Waals surface area contributed by atoms with Gasteiger partial charge in [0.05, 0.1) is 25.9 Å². The van der Waals surface area contributed by atoms with Gasteiger partial charge in [0.2, 0.25) is 0 Å². The standard InChI is InChI=1S/C23H40O8.C14H22N2O/c1-3-5-7-9-11-13-21(26)29-17-19(31-23(28)16-15-20(24)25)18-30-22(27)14-12-10-8-6-4-2;1-5-16(6-2)10-13(17)15-14-11(3)8-7-9-12(14)4/h19H,3-18H2,1-2H3,(H,24,25);7-9H,5-6,10H2,1-4H3,(H,15,17)/p+1. The fourth-order valence-corrected chi connectivity index (χ4v) is 4.75. The van der Waals surface area contributed by atoms with Crippen LogP contribution in [0.4, 0.5) is 5.69 Å². The Kier molecular flexibility index (Phi) is 26.5. The zero-order valence-electron chi connectivity index (χ0n) is 30.5. The van der Waals surface area contributed by atoms with Crippen molar-refractivity contribution in [2.45, 2.75) is 138 Å². The van der Waals surface area contributed by atoms with E-state index in [2.05, 4.69) is 33.0 Å². The first kappa shape index (κ1) is 44.5. The van der Waals surface area contributed by atoms with Crippen molar-refractivity contribution in [1.82, 2.24) is 0 Å². The number of aliphatic carboxylic acids is 1. The monoisotopic (exact) mass is 679 g/mol. The second kappa shape index (κ2) is 28.5. The van der Waals surface area contributed by atoms with Crippen molar-refractivity contribution in [3.05, 3.63) is 29.3 Å². The number of hydrogen-bond acceptors (Lipinski definition) is 8. The number of nitrogens with one attached hydrogen (secondary N) is 2. The highest BCUT2D eigenvalue weighted by molar-refractivity contribution is 5.93. The Hall–Kier alpha value is -3.47.